The fourth-order valence-corrected chi connectivity index (χ4v) is 1.91. The summed E-state index contributed by atoms with van der Waals surface area (Å²) in [5.74, 6) is 0. The van der Waals surface area contributed by atoms with E-state index in [-0.39, 0.29) is 6.54 Å². The molecule has 0 aromatic heterocycles. The molecule has 0 amide bonds. The first kappa shape index (κ1) is 12.9. The molecule has 0 unspecified atom stereocenters. The van der Waals surface area contributed by atoms with E-state index in [4.69, 9.17) is 23.2 Å². The zero-order valence-electron chi connectivity index (χ0n) is 9.51. The van der Waals surface area contributed by atoms with E-state index in [1.165, 1.54) is 6.21 Å². The van der Waals surface area contributed by atoms with Gasteiger partial charge in [-0.25, -0.2) is 4.74 Å². The summed E-state index contributed by atoms with van der Waals surface area (Å²) in [5.41, 5.74) is 1.69. The fourth-order valence-electron chi connectivity index (χ4n) is 1.58. The van der Waals surface area contributed by atoms with E-state index < -0.39 is 0 Å². The second kappa shape index (κ2) is 5.89. The molecule has 0 fully saturated rings. The summed E-state index contributed by atoms with van der Waals surface area (Å²) in [5, 5.41) is 13.0. The highest BCUT2D eigenvalue weighted by Gasteiger charge is 2.00. The van der Waals surface area contributed by atoms with E-state index in [1.54, 1.807) is 36.4 Å². The molecule has 0 radical (unpaired) electrons. The van der Waals surface area contributed by atoms with Crippen LogP contribution in [0.5, 0.6) is 0 Å². The Labute approximate surface area is 116 Å². The molecular formula is C14H11Cl2NO. The third-order valence-electron chi connectivity index (χ3n) is 2.39. The lowest BCUT2D eigenvalue weighted by molar-refractivity contribution is -0.469. The Hall–Kier alpha value is -1.51. The van der Waals surface area contributed by atoms with Crippen molar-refractivity contribution in [2.75, 3.05) is 0 Å². The molecule has 92 valence electrons. The number of nitrogens with zero attached hydrogens (tertiary/aromatic N) is 1. The number of rotatable bonds is 3. The van der Waals surface area contributed by atoms with Gasteiger partial charge in [-0.2, -0.15) is 0 Å². The van der Waals surface area contributed by atoms with Gasteiger partial charge in [0, 0.05) is 21.2 Å². The van der Waals surface area contributed by atoms with Gasteiger partial charge in [-0.05, 0) is 36.4 Å². The average Bonchev–Trinajstić information content (AvgIpc) is 2.32. The molecule has 2 aromatic carbocycles. The van der Waals surface area contributed by atoms with Crippen LogP contribution in [-0.2, 0) is 6.54 Å². The van der Waals surface area contributed by atoms with E-state index in [0.717, 1.165) is 15.9 Å². The van der Waals surface area contributed by atoms with Gasteiger partial charge in [-0.15, -0.1) is 0 Å². The van der Waals surface area contributed by atoms with Gasteiger partial charge >= 0.3 is 0 Å². The summed E-state index contributed by atoms with van der Waals surface area (Å²) >= 11 is 11.6. The van der Waals surface area contributed by atoms with Crippen molar-refractivity contribution in [3.05, 3.63) is 74.9 Å². The highest BCUT2D eigenvalue weighted by Crippen LogP contribution is 2.11. The maximum atomic E-state index is 11.8. The molecule has 0 N–H and O–H groups in total. The normalized spacial score (nSPS) is 11.6. The van der Waals surface area contributed by atoms with Gasteiger partial charge < -0.3 is 5.21 Å². The van der Waals surface area contributed by atoms with Crippen LogP contribution in [0.1, 0.15) is 11.1 Å². The van der Waals surface area contributed by atoms with Crippen molar-refractivity contribution in [1.82, 2.24) is 0 Å². The average molecular weight is 280 g/mol. The molecule has 2 nitrogen and oxygen atoms in total. The summed E-state index contributed by atoms with van der Waals surface area (Å²) < 4.78 is 0.870. The molecule has 0 heterocycles. The number of hydroxylamine groups is 1. The van der Waals surface area contributed by atoms with E-state index in [2.05, 4.69) is 0 Å². The summed E-state index contributed by atoms with van der Waals surface area (Å²) in [6.45, 7) is 0.267. The maximum absolute atomic E-state index is 11.8. The topological polar surface area (TPSA) is 26.1 Å². The van der Waals surface area contributed by atoms with Gasteiger partial charge in [-0.1, -0.05) is 35.3 Å². The molecule has 2 aromatic rings. The Morgan fingerprint density at radius 2 is 1.72 bits per heavy atom. The van der Waals surface area contributed by atoms with Crippen molar-refractivity contribution in [3.63, 3.8) is 0 Å². The summed E-state index contributed by atoms with van der Waals surface area (Å²) in [4.78, 5) is 0. The van der Waals surface area contributed by atoms with Crippen molar-refractivity contribution in [2.24, 2.45) is 0 Å². The Kier molecular flexibility index (Phi) is 4.24. The molecule has 0 atom stereocenters. The molecule has 4 heteroatoms. The van der Waals surface area contributed by atoms with Gasteiger partial charge in [0.2, 0.25) is 0 Å². The van der Waals surface area contributed by atoms with E-state index in [0.29, 0.717) is 10.0 Å². The second-order valence-corrected chi connectivity index (χ2v) is 4.76. The zero-order chi connectivity index (χ0) is 13.0. The van der Waals surface area contributed by atoms with Crippen LogP contribution in [0.3, 0.4) is 0 Å². The summed E-state index contributed by atoms with van der Waals surface area (Å²) in [7, 11) is 0. The Balaban J connectivity index is 2.12. The van der Waals surface area contributed by atoms with Gasteiger partial charge in [0.25, 0.3) is 0 Å². The molecule has 0 aliphatic rings. The van der Waals surface area contributed by atoms with Crippen molar-refractivity contribution in [2.45, 2.75) is 6.54 Å². The number of hydrogen-bond acceptors (Lipinski definition) is 1. The van der Waals surface area contributed by atoms with Crippen LogP contribution in [0.2, 0.25) is 10.0 Å². The first-order valence-electron chi connectivity index (χ1n) is 5.42. The van der Waals surface area contributed by atoms with Crippen LogP contribution in [0, 0.1) is 5.21 Å². The molecular weight excluding hydrogens is 269 g/mol. The molecule has 18 heavy (non-hydrogen) atoms. The lowest BCUT2D eigenvalue weighted by Crippen LogP contribution is -2.05. The lowest BCUT2D eigenvalue weighted by Gasteiger charge is -2.04. The third-order valence-corrected chi connectivity index (χ3v) is 2.88. The molecule has 0 saturated heterocycles. The Morgan fingerprint density at radius 1 is 1.00 bits per heavy atom. The van der Waals surface area contributed by atoms with E-state index >= 15 is 0 Å². The van der Waals surface area contributed by atoms with Crippen LogP contribution in [0.4, 0.5) is 0 Å². The Morgan fingerprint density at radius 3 is 2.39 bits per heavy atom. The minimum Gasteiger partial charge on any atom is -0.624 e. The van der Waals surface area contributed by atoms with Gasteiger partial charge in [0.05, 0.1) is 0 Å². The SMILES string of the molecule is [O-]/[N+](=C\c1ccc(Cl)cc1)Cc1cccc(Cl)c1. The first-order valence-corrected chi connectivity index (χ1v) is 6.18. The molecule has 2 rings (SSSR count). The Bertz CT molecular complexity index is 564. The summed E-state index contributed by atoms with van der Waals surface area (Å²) in [6, 6.07) is 14.4. The molecule has 0 saturated carbocycles. The smallest absolute Gasteiger partial charge is 0.182 e. The quantitative estimate of drug-likeness (QED) is 0.359. The largest absolute Gasteiger partial charge is 0.624 e. The second-order valence-electron chi connectivity index (χ2n) is 3.89. The standard InChI is InChI=1S/C14H11Cl2NO/c15-13-6-4-11(5-7-13)9-17(18)10-12-2-1-3-14(16)8-12/h1-9H,10H2/b17-9-. The van der Waals surface area contributed by atoms with Crippen LogP contribution < -0.4 is 0 Å². The summed E-state index contributed by atoms with van der Waals surface area (Å²) in [6.07, 6.45) is 1.53. The van der Waals surface area contributed by atoms with Crippen LogP contribution in [0.25, 0.3) is 0 Å². The van der Waals surface area contributed by atoms with Crippen molar-refractivity contribution >= 4 is 29.4 Å². The highest BCUT2D eigenvalue weighted by atomic mass is 35.5. The monoisotopic (exact) mass is 279 g/mol. The molecule has 0 aliphatic heterocycles. The van der Waals surface area contributed by atoms with Gasteiger partial charge in [0.15, 0.2) is 12.8 Å². The van der Waals surface area contributed by atoms with Gasteiger partial charge in [0.1, 0.15) is 0 Å². The predicted molar refractivity (Wildman–Crippen MR) is 75.4 cm³/mol. The number of halogens is 2. The minimum atomic E-state index is 0.267. The zero-order valence-corrected chi connectivity index (χ0v) is 11.0. The predicted octanol–water partition coefficient (Wildman–Crippen LogP) is 4.12. The number of hydrogen-bond donors (Lipinski definition) is 0. The maximum Gasteiger partial charge on any atom is 0.182 e. The van der Waals surface area contributed by atoms with Crippen molar-refractivity contribution < 1.29 is 4.74 Å². The fraction of sp³-hybridized carbons (Fsp3) is 0.0714. The van der Waals surface area contributed by atoms with Crippen LogP contribution in [0.15, 0.2) is 48.5 Å². The van der Waals surface area contributed by atoms with Crippen LogP contribution >= 0.6 is 23.2 Å². The lowest BCUT2D eigenvalue weighted by atomic mass is 10.2. The molecule has 0 spiro atoms. The first-order chi connectivity index (χ1) is 8.63. The van der Waals surface area contributed by atoms with E-state index in [9.17, 15) is 5.21 Å². The van der Waals surface area contributed by atoms with Crippen molar-refractivity contribution in [3.8, 4) is 0 Å². The molecule has 0 aliphatic carbocycles. The van der Waals surface area contributed by atoms with E-state index in [1.807, 2.05) is 12.1 Å². The molecule has 0 bridgehead atoms. The van der Waals surface area contributed by atoms with Crippen LogP contribution in [-0.4, -0.2) is 11.0 Å². The van der Waals surface area contributed by atoms with Crippen molar-refractivity contribution in [1.29, 1.82) is 0 Å². The number of benzene rings is 2. The highest BCUT2D eigenvalue weighted by molar-refractivity contribution is 6.30. The third kappa shape index (κ3) is 3.76. The van der Waals surface area contributed by atoms with Gasteiger partial charge in [-0.3, -0.25) is 0 Å². The minimum absolute atomic E-state index is 0.267.